The zero-order chi connectivity index (χ0) is 9.68. The van der Waals surface area contributed by atoms with Crippen molar-refractivity contribution in [3.05, 3.63) is 41.9 Å². The van der Waals surface area contributed by atoms with Gasteiger partial charge in [0.05, 0.1) is 0 Å². The highest BCUT2D eigenvalue weighted by molar-refractivity contribution is 9.09. The molecular formula is C10H11BrNO. The zero-order valence-electron chi connectivity index (χ0n) is 7.38. The molecule has 1 N–H and O–H groups in total. The monoisotopic (exact) mass is 240 g/mol. The second kappa shape index (κ2) is 5.02. The third kappa shape index (κ3) is 3.19. The van der Waals surface area contributed by atoms with Gasteiger partial charge in [0.2, 0.25) is 5.91 Å². The minimum atomic E-state index is -0.0432. The Kier molecular flexibility index (Phi) is 3.96. The number of benzene rings is 1. The van der Waals surface area contributed by atoms with Gasteiger partial charge >= 0.3 is 0 Å². The first-order chi connectivity index (χ1) is 6.24. The molecule has 1 aromatic rings. The van der Waals surface area contributed by atoms with Crippen LogP contribution in [0.3, 0.4) is 0 Å². The minimum absolute atomic E-state index is 0.0432. The molecule has 69 valence electrons. The van der Waals surface area contributed by atoms with Gasteiger partial charge in [-0.15, -0.1) is 0 Å². The molecule has 0 aromatic heterocycles. The molecule has 1 aromatic carbocycles. The van der Waals surface area contributed by atoms with Crippen molar-refractivity contribution in [3.8, 4) is 0 Å². The molecule has 0 bridgehead atoms. The van der Waals surface area contributed by atoms with Gasteiger partial charge in [-0.25, -0.2) is 0 Å². The normalized spacial score (nSPS) is 10.1. The molecule has 1 rings (SSSR count). The molecule has 0 aliphatic carbocycles. The lowest BCUT2D eigenvalue weighted by Gasteiger charge is -2.13. The van der Waals surface area contributed by atoms with E-state index in [2.05, 4.69) is 21.2 Å². The summed E-state index contributed by atoms with van der Waals surface area (Å²) in [5.74, 6) is -0.0432. The summed E-state index contributed by atoms with van der Waals surface area (Å²) >= 11 is 3.33. The van der Waals surface area contributed by atoms with Crippen molar-refractivity contribution in [2.45, 2.75) is 6.92 Å². The maximum absolute atomic E-state index is 10.8. The number of alkyl halides is 1. The van der Waals surface area contributed by atoms with Gasteiger partial charge in [0.25, 0.3) is 0 Å². The van der Waals surface area contributed by atoms with Crippen LogP contribution >= 0.6 is 15.9 Å². The first-order valence-corrected chi connectivity index (χ1v) is 5.11. The van der Waals surface area contributed by atoms with E-state index >= 15 is 0 Å². The molecular weight excluding hydrogens is 230 g/mol. The highest BCUT2D eigenvalue weighted by Crippen LogP contribution is 2.13. The van der Waals surface area contributed by atoms with Crippen LogP contribution in [-0.4, -0.2) is 11.2 Å². The van der Waals surface area contributed by atoms with Gasteiger partial charge in [0.1, 0.15) is 6.04 Å². The van der Waals surface area contributed by atoms with E-state index in [0.717, 1.165) is 11.6 Å². The van der Waals surface area contributed by atoms with E-state index in [-0.39, 0.29) is 5.91 Å². The van der Waals surface area contributed by atoms with Crippen LogP contribution in [0.15, 0.2) is 30.3 Å². The fraction of sp³-hybridized carbons (Fsp3) is 0.200. The number of halogens is 1. The molecule has 1 radical (unpaired) electrons. The quantitative estimate of drug-likeness (QED) is 0.806. The summed E-state index contributed by atoms with van der Waals surface area (Å²) in [7, 11) is 0. The maximum atomic E-state index is 10.8. The Labute approximate surface area is 86.5 Å². The summed E-state index contributed by atoms with van der Waals surface area (Å²) in [5.41, 5.74) is 1.04. The molecule has 0 spiro atoms. The SMILES string of the molecule is CC(=O)N[C](CBr)c1ccccc1. The van der Waals surface area contributed by atoms with Crippen molar-refractivity contribution < 1.29 is 4.79 Å². The molecule has 0 atom stereocenters. The Morgan fingerprint density at radius 3 is 2.46 bits per heavy atom. The standard InChI is InChI=1S/C10H11BrNO/c1-8(13)12-10(7-11)9-5-3-2-4-6-9/h2-6H,7H2,1H3,(H,12,13). The summed E-state index contributed by atoms with van der Waals surface area (Å²) in [4.78, 5) is 10.8. The molecule has 0 unspecified atom stereocenters. The largest absolute Gasteiger partial charge is 0.343 e. The molecule has 0 saturated carbocycles. The third-order valence-corrected chi connectivity index (χ3v) is 2.14. The van der Waals surface area contributed by atoms with Crippen LogP contribution in [0, 0.1) is 6.04 Å². The number of carbonyl (C=O) groups excluding carboxylic acids is 1. The third-order valence-electron chi connectivity index (χ3n) is 1.58. The fourth-order valence-corrected chi connectivity index (χ4v) is 1.50. The van der Waals surface area contributed by atoms with E-state index in [4.69, 9.17) is 0 Å². The lowest BCUT2D eigenvalue weighted by molar-refractivity contribution is -0.118. The maximum Gasteiger partial charge on any atom is 0.217 e. The lowest BCUT2D eigenvalue weighted by atomic mass is 10.1. The Morgan fingerprint density at radius 1 is 1.38 bits per heavy atom. The van der Waals surface area contributed by atoms with E-state index in [1.54, 1.807) is 0 Å². The highest BCUT2D eigenvalue weighted by atomic mass is 79.9. The summed E-state index contributed by atoms with van der Waals surface area (Å²) in [5, 5.41) is 3.43. The minimum Gasteiger partial charge on any atom is -0.343 e. The van der Waals surface area contributed by atoms with Crippen LogP contribution in [0.1, 0.15) is 12.5 Å². The van der Waals surface area contributed by atoms with Crippen molar-refractivity contribution >= 4 is 21.8 Å². The van der Waals surface area contributed by atoms with Crippen molar-refractivity contribution in [3.63, 3.8) is 0 Å². The van der Waals surface area contributed by atoms with Gasteiger partial charge in [0.15, 0.2) is 0 Å². The molecule has 0 heterocycles. The molecule has 2 nitrogen and oxygen atoms in total. The van der Waals surface area contributed by atoms with Gasteiger partial charge in [-0.2, -0.15) is 0 Å². The van der Waals surface area contributed by atoms with E-state index in [1.165, 1.54) is 6.92 Å². The number of hydrogen-bond acceptors (Lipinski definition) is 1. The van der Waals surface area contributed by atoms with Crippen LogP contribution in [0.25, 0.3) is 0 Å². The van der Waals surface area contributed by atoms with Gasteiger partial charge in [-0.3, -0.25) is 4.79 Å². The number of nitrogens with one attached hydrogen (secondary N) is 1. The number of carbonyl (C=O) groups is 1. The fourth-order valence-electron chi connectivity index (χ4n) is 1.03. The predicted molar refractivity (Wildman–Crippen MR) is 56.4 cm³/mol. The summed E-state index contributed by atoms with van der Waals surface area (Å²) in [6.07, 6.45) is 0. The Balaban J connectivity index is 2.73. The molecule has 3 heteroatoms. The van der Waals surface area contributed by atoms with E-state index < -0.39 is 0 Å². The van der Waals surface area contributed by atoms with Gasteiger partial charge in [-0.05, 0) is 5.56 Å². The smallest absolute Gasteiger partial charge is 0.217 e. The first-order valence-electron chi connectivity index (χ1n) is 3.99. The summed E-state index contributed by atoms with van der Waals surface area (Å²) in [6.45, 7) is 1.51. The van der Waals surface area contributed by atoms with Crippen molar-refractivity contribution in [2.24, 2.45) is 0 Å². The summed E-state index contributed by atoms with van der Waals surface area (Å²) in [6, 6.07) is 10.7. The van der Waals surface area contributed by atoms with Gasteiger partial charge < -0.3 is 5.32 Å². The molecule has 0 fully saturated rings. The number of hydrogen-bond donors (Lipinski definition) is 1. The number of amides is 1. The molecule has 0 saturated heterocycles. The zero-order valence-corrected chi connectivity index (χ0v) is 8.97. The van der Waals surface area contributed by atoms with Crippen LogP contribution in [0.4, 0.5) is 0 Å². The van der Waals surface area contributed by atoms with Crippen molar-refractivity contribution in [1.29, 1.82) is 0 Å². The van der Waals surface area contributed by atoms with Gasteiger partial charge in [0, 0.05) is 12.3 Å². The predicted octanol–water partition coefficient (Wildman–Crippen LogP) is 2.10. The first kappa shape index (κ1) is 10.3. The van der Waals surface area contributed by atoms with Gasteiger partial charge in [-0.1, -0.05) is 46.3 Å². The van der Waals surface area contributed by atoms with Crippen LogP contribution in [0.5, 0.6) is 0 Å². The topological polar surface area (TPSA) is 29.1 Å². The second-order valence-electron chi connectivity index (χ2n) is 2.66. The van der Waals surface area contributed by atoms with E-state index in [0.29, 0.717) is 5.33 Å². The molecule has 0 aliphatic rings. The highest BCUT2D eigenvalue weighted by Gasteiger charge is 2.10. The molecule has 13 heavy (non-hydrogen) atoms. The van der Waals surface area contributed by atoms with Crippen molar-refractivity contribution in [1.82, 2.24) is 5.32 Å². The van der Waals surface area contributed by atoms with Crippen LogP contribution < -0.4 is 5.32 Å². The average molecular weight is 241 g/mol. The summed E-state index contributed by atoms with van der Waals surface area (Å²) < 4.78 is 0. The van der Waals surface area contributed by atoms with Crippen molar-refractivity contribution in [2.75, 3.05) is 5.33 Å². The second-order valence-corrected chi connectivity index (χ2v) is 3.22. The Morgan fingerprint density at radius 2 is 2.00 bits per heavy atom. The Hall–Kier alpha value is -0.830. The molecule has 1 amide bonds. The lowest BCUT2D eigenvalue weighted by Crippen LogP contribution is -2.27. The van der Waals surface area contributed by atoms with E-state index in [9.17, 15) is 4.79 Å². The van der Waals surface area contributed by atoms with Crippen LogP contribution in [0.2, 0.25) is 0 Å². The van der Waals surface area contributed by atoms with Crippen LogP contribution in [-0.2, 0) is 4.79 Å². The van der Waals surface area contributed by atoms with E-state index in [1.807, 2.05) is 30.3 Å². The average Bonchev–Trinajstić information content (AvgIpc) is 2.15. The Bertz CT molecular complexity index is 274. The number of rotatable bonds is 3. The molecule has 0 aliphatic heterocycles.